The quantitative estimate of drug-likeness (QED) is 0.843. The first kappa shape index (κ1) is 16.0. The summed E-state index contributed by atoms with van der Waals surface area (Å²) in [6, 6.07) is 9.66. The van der Waals surface area contributed by atoms with Crippen LogP contribution in [0.15, 0.2) is 30.3 Å². The highest BCUT2D eigenvalue weighted by molar-refractivity contribution is 5.87. The van der Waals surface area contributed by atoms with Gasteiger partial charge in [-0.2, -0.15) is 0 Å². The van der Waals surface area contributed by atoms with E-state index in [1.807, 2.05) is 30.3 Å². The fourth-order valence-electron chi connectivity index (χ4n) is 3.57. The van der Waals surface area contributed by atoms with Gasteiger partial charge in [-0.1, -0.05) is 43.2 Å². The molecule has 3 rings (SSSR count). The highest BCUT2D eigenvalue weighted by atomic mass is 16.5. The van der Waals surface area contributed by atoms with Crippen LogP contribution in [-0.2, 0) is 20.9 Å². The van der Waals surface area contributed by atoms with Crippen LogP contribution in [0.25, 0.3) is 0 Å². The molecule has 5 heteroatoms. The largest absolute Gasteiger partial charge is 0.461 e. The normalized spacial score (nSPS) is 22.8. The molecule has 1 aliphatic carbocycles. The van der Waals surface area contributed by atoms with E-state index < -0.39 is 0 Å². The summed E-state index contributed by atoms with van der Waals surface area (Å²) in [7, 11) is 0. The summed E-state index contributed by atoms with van der Waals surface area (Å²) in [6.07, 6.45) is 4.82. The summed E-state index contributed by atoms with van der Waals surface area (Å²) in [4.78, 5) is 26.6. The monoisotopic (exact) mass is 316 g/mol. The number of amides is 1. The molecule has 0 unspecified atom stereocenters. The number of nitrogens with one attached hydrogen (secondary N) is 1. The summed E-state index contributed by atoms with van der Waals surface area (Å²) < 4.78 is 5.34. The zero-order valence-electron chi connectivity index (χ0n) is 13.4. The SMILES string of the molecule is O=C(C[C@@H]1C(=O)NCCN1C1CCCC1)OCc1ccccc1. The number of hydrogen-bond donors (Lipinski definition) is 1. The standard InChI is InChI=1S/C18H24N2O3/c21-17(23-13-14-6-2-1-3-7-14)12-16-18(22)19-10-11-20(16)15-8-4-5-9-15/h1-3,6-7,15-16H,4-5,8-13H2,(H,19,22)/t16-/m1/s1. The number of ether oxygens (including phenoxy) is 1. The molecule has 124 valence electrons. The molecule has 1 saturated heterocycles. The van der Waals surface area contributed by atoms with Gasteiger partial charge in [0, 0.05) is 19.1 Å². The summed E-state index contributed by atoms with van der Waals surface area (Å²) >= 11 is 0. The first-order valence-corrected chi connectivity index (χ1v) is 8.47. The van der Waals surface area contributed by atoms with Crippen molar-refractivity contribution in [2.75, 3.05) is 13.1 Å². The fraction of sp³-hybridized carbons (Fsp3) is 0.556. The molecule has 1 heterocycles. The zero-order valence-corrected chi connectivity index (χ0v) is 13.4. The lowest BCUT2D eigenvalue weighted by molar-refractivity contribution is -0.150. The molecule has 1 N–H and O–H groups in total. The van der Waals surface area contributed by atoms with E-state index in [-0.39, 0.29) is 30.9 Å². The highest BCUT2D eigenvalue weighted by Crippen LogP contribution is 2.27. The van der Waals surface area contributed by atoms with Crippen molar-refractivity contribution >= 4 is 11.9 Å². The minimum atomic E-state index is -0.380. The van der Waals surface area contributed by atoms with E-state index in [9.17, 15) is 9.59 Å². The molecule has 2 fully saturated rings. The average molecular weight is 316 g/mol. The lowest BCUT2D eigenvalue weighted by Gasteiger charge is -2.38. The third kappa shape index (κ3) is 4.10. The van der Waals surface area contributed by atoms with Crippen molar-refractivity contribution < 1.29 is 14.3 Å². The Morgan fingerprint density at radius 3 is 2.70 bits per heavy atom. The Bertz CT molecular complexity index is 540. The third-order valence-electron chi connectivity index (χ3n) is 4.77. The second-order valence-corrected chi connectivity index (χ2v) is 6.33. The summed E-state index contributed by atoms with van der Waals surface area (Å²) in [6.45, 7) is 1.76. The van der Waals surface area contributed by atoms with Crippen LogP contribution in [0.3, 0.4) is 0 Å². The third-order valence-corrected chi connectivity index (χ3v) is 4.77. The van der Waals surface area contributed by atoms with Crippen molar-refractivity contribution in [1.29, 1.82) is 0 Å². The van der Waals surface area contributed by atoms with E-state index in [0.29, 0.717) is 12.6 Å². The first-order valence-electron chi connectivity index (χ1n) is 8.47. The van der Waals surface area contributed by atoms with Gasteiger partial charge in [-0.15, -0.1) is 0 Å². The maximum atomic E-state index is 12.2. The molecule has 1 aliphatic heterocycles. The fourth-order valence-corrected chi connectivity index (χ4v) is 3.57. The number of hydrogen-bond acceptors (Lipinski definition) is 4. The minimum Gasteiger partial charge on any atom is -0.461 e. The number of carbonyl (C=O) groups excluding carboxylic acids is 2. The van der Waals surface area contributed by atoms with Crippen molar-refractivity contribution in [2.45, 2.75) is 50.8 Å². The second-order valence-electron chi connectivity index (χ2n) is 6.33. The molecule has 0 bridgehead atoms. The number of nitrogens with zero attached hydrogens (tertiary/aromatic N) is 1. The Morgan fingerprint density at radius 2 is 1.96 bits per heavy atom. The Hall–Kier alpha value is -1.88. The van der Waals surface area contributed by atoms with E-state index in [1.54, 1.807) is 0 Å². The molecular weight excluding hydrogens is 292 g/mol. The lowest BCUT2D eigenvalue weighted by atomic mass is 10.0. The predicted octanol–water partition coefficient (Wildman–Crippen LogP) is 1.86. The minimum absolute atomic E-state index is 0.0418. The molecule has 2 aliphatic rings. The van der Waals surface area contributed by atoms with Gasteiger partial charge in [0.05, 0.1) is 12.5 Å². The van der Waals surface area contributed by atoms with Gasteiger partial charge in [-0.3, -0.25) is 14.5 Å². The highest BCUT2D eigenvalue weighted by Gasteiger charge is 2.37. The van der Waals surface area contributed by atoms with Crippen molar-refractivity contribution in [3.8, 4) is 0 Å². The Morgan fingerprint density at radius 1 is 1.22 bits per heavy atom. The zero-order chi connectivity index (χ0) is 16.1. The maximum absolute atomic E-state index is 12.2. The number of rotatable bonds is 5. The maximum Gasteiger partial charge on any atom is 0.308 e. The van der Waals surface area contributed by atoms with Crippen LogP contribution in [0.5, 0.6) is 0 Å². The van der Waals surface area contributed by atoms with Gasteiger partial charge in [0.15, 0.2) is 0 Å². The van der Waals surface area contributed by atoms with Gasteiger partial charge < -0.3 is 10.1 Å². The molecule has 5 nitrogen and oxygen atoms in total. The molecule has 1 saturated carbocycles. The van der Waals surface area contributed by atoms with Crippen LogP contribution < -0.4 is 5.32 Å². The van der Waals surface area contributed by atoms with E-state index in [1.165, 1.54) is 12.8 Å². The average Bonchev–Trinajstić information content (AvgIpc) is 3.10. The molecule has 1 atom stereocenters. The number of piperazine rings is 1. The second kappa shape index (κ2) is 7.59. The number of esters is 1. The smallest absolute Gasteiger partial charge is 0.308 e. The van der Waals surface area contributed by atoms with E-state index in [2.05, 4.69) is 10.2 Å². The van der Waals surface area contributed by atoms with Crippen LogP contribution in [-0.4, -0.2) is 41.9 Å². The van der Waals surface area contributed by atoms with Crippen LogP contribution in [0.2, 0.25) is 0 Å². The molecule has 0 spiro atoms. The van der Waals surface area contributed by atoms with E-state index in [0.717, 1.165) is 24.9 Å². The van der Waals surface area contributed by atoms with Gasteiger partial charge in [-0.25, -0.2) is 0 Å². The van der Waals surface area contributed by atoms with Crippen LogP contribution in [0.1, 0.15) is 37.7 Å². The molecule has 1 aromatic carbocycles. The van der Waals surface area contributed by atoms with Crippen LogP contribution >= 0.6 is 0 Å². The molecular formula is C18H24N2O3. The summed E-state index contributed by atoms with van der Waals surface area (Å²) in [5.74, 6) is -0.348. The topological polar surface area (TPSA) is 58.6 Å². The number of carbonyl (C=O) groups is 2. The van der Waals surface area contributed by atoms with Crippen LogP contribution in [0, 0.1) is 0 Å². The van der Waals surface area contributed by atoms with Crippen molar-refractivity contribution in [1.82, 2.24) is 10.2 Å². The Balaban J connectivity index is 1.56. The van der Waals surface area contributed by atoms with E-state index >= 15 is 0 Å². The first-order chi connectivity index (χ1) is 11.2. The van der Waals surface area contributed by atoms with Crippen molar-refractivity contribution in [3.05, 3.63) is 35.9 Å². The lowest BCUT2D eigenvalue weighted by Crippen LogP contribution is -2.58. The van der Waals surface area contributed by atoms with Gasteiger partial charge in [0.2, 0.25) is 5.91 Å². The van der Waals surface area contributed by atoms with E-state index in [4.69, 9.17) is 4.74 Å². The van der Waals surface area contributed by atoms with Crippen molar-refractivity contribution in [2.24, 2.45) is 0 Å². The van der Waals surface area contributed by atoms with Crippen molar-refractivity contribution in [3.63, 3.8) is 0 Å². The predicted molar refractivity (Wildman–Crippen MR) is 86.6 cm³/mol. The summed E-state index contributed by atoms with van der Waals surface area (Å²) in [5, 5.41) is 2.88. The molecule has 1 aromatic rings. The molecule has 1 amide bonds. The van der Waals surface area contributed by atoms with Gasteiger partial charge >= 0.3 is 5.97 Å². The van der Waals surface area contributed by atoms with Gasteiger partial charge in [0.25, 0.3) is 0 Å². The summed E-state index contributed by atoms with van der Waals surface area (Å²) in [5.41, 5.74) is 0.960. The number of benzene rings is 1. The van der Waals surface area contributed by atoms with Gasteiger partial charge in [0.1, 0.15) is 6.61 Å². The van der Waals surface area contributed by atoms with Crippen LogP contribution in [0.4, 0.5) is 0 Å². The van der Waals surface area contributed by atoms with Gasteiger partial charge in [-0.05, 0) is 18.4 Å². The Kier molecular flexibility index (Phi) is 5.28. The molecule has 0 aromatic heterocycles. The molecule has 0 radical (unpaired) electrons. The molecule has 23 heavy (non-hydrogen) atoms. The Labute approximate surface area is 137 Å².